The van der Waals surface area contributed by atoms with E-state index in [0.717, 1.165) is 51.4 Å². The quantitative estimate of drug-likeness (QED) is 0.145. The molecule has 0 spiro atoms. The van der Waals surface area contributed by atoms with Gasteiger partial charge in [0, 0.05) is 6.61 Å². The minimum Gasteiger partial charge on any atom is -0.479 e. The summed E-state index contributed by atoms with van der Waals surface area (Å²) in [7, 11) is 0. The van der Waals surface area contributed by atoms with E-state index >= 15 is 0 Å². The first kappa shape index (κ1) is 26.2. The zero-order valence-corrected chi connectivity index (χ0v) is 15.7. The number of hydrogen-bond donors (Lipinski definition) is 8. The molecule has 27 heavy (non-hydrogen) atoms. The number of rotatable bonds is 17. The van der Waals surface area contributed by atoms with Crippen LogP contribution in [0.3, 0.4) is 0 Å². The van der Waals surface area contributed by atoms with Gasteiger partial charge in [0.15, 0.2) is 6.10 Å². The summed E-state index contributed by atoms with van der Waals surface area (Å²) in [5.41, 5.74) is 0. The van der Waals surface area contributed by atoms with Crippen molar-refractivity contribution in [1.82, 2.24) is 0 Å². The van der Waals surface area contributed by atoms with E-state index < -0.39 is 42.6 Å². The van der Waals surface area contributed by atoms with Gasteiger partial charge in [-0.1, -0.05) is 51.4 Å². The Morgan fingerprint density at radius 2 is 1.00 bits per heavy atom. The van der Waals surface area contributed by atoms with Crippen LogP contribution < -0.4 is 0 Å². The Bertz CT molecular complexity index is 380. The first-order valence-corrected chi connectivity index (χ1v) is 9.66. The molecule has 0 heterocycles. The van der Waals surface area contributed by atoms with Crippen molar-refractivity contribution in [3.8, 4) is 0 Å². The number of aliphatic hydroxyl groups excluding tert-OH is 7. The number of aliphatic carboxylic acids is 1. The summed E-state index contributed by atoms with van der Waals surface area (Å²) in [5.74, 6) is -1.78. The second-order valence-corrected chi connectivity index (χ2v) is 7.01. The largest absolute Gasteiger partial charge is 0.479 e. The average Bonchev–Trinajstić information content (AvgIpc) is 2.66. The van der Waals surface area contributed by atoms with Crippen molar-refractivity contribution in [2.24, 2.45) is 0 Å². The third kappa shape index (κ3) is 10.9. The molecule has 0 fully saturated rings. The van der Waals surface area contributed by atoms with Crippen LogP contribution in [-0.4, -0.2) is 90.1 Å². The molecule has 0 bridgehead atoms. The lowest BCUT2D eigenvalue weighted by Gasteiger charge is -2.30. The highest BCUT2D eigenvalue weighted by Crippen LogP contribution is 2.16. The second kappa shape index (κ2) is 15.2. The molecule has 6 atom stereocenters. The Morgan fingerprint density at radius 1 is 0.593 bits per heavy atom. The molecule has 162 valence electrons. The Morgan fingerprint density at radius 3 is 1.44 bits per heavy atom. The summed E-state index contributed by atoms with van der Waals surface area (Å²) in [5, 5.41) is 75.1. The van der Waals surface area contributed by atoms with Gasteiger partial charge in [0.25, 0.3) is 0 Å². The first-order chi connectivity index (χ1) is 12.7. The van der Waals surface area contributed by atoms with Crippen molar-refractivity contribution in [2.45, 2.75) is 101 Å². The van der Waals surface area contributed by atoms with E-state index in [9.17, 15) is 30.3 Å². The van der Waals surface area contributed by atoms with Crippen molar-refractivity contribution in [2.75, 3.05) is 6.61 Å². The zero-order valence-electron chi connectivity index (χ0n) is 15.7. The van der Waals surface area contributed by atoms with E-state index in [-0.39, 0.29) is 13.0 Å². The maximum absolute atomic E-state index is 10.6. The zero-order chi connectivity index (χ0) is 20.8. The molecule has 0 aromatic rings. The fraction of sp³-hybridized carbons (Fsp3) is 0.944. The van der Waals surface area contributed by atoms with Gasteiger partial charge >= 0.3 is 5.97 Å². The first-order valence-electron chi connectivity index (χ1n) is 9.66. The molecular weight excluding hydrogens is 360 g/mol. The van der Waals surface area contributed by atoms with Gasteiger partial charge in [0.1, 0.15) is 24.4 Å². The van der Waals surface area contributed by atoms with E-state index in [0.29, 0.717) is 6.42 Å². The van der Waals surface area contributed by atoms with Gasteiger partial charge in [0.2, 0.25) is 0 Å². The van der Waals surface area contributed by atoms with E-state index in [2.05, 4.69) is 0 Å². The molecule has 0 rings (SSSR count). The summed E-state index contributed by atoms with van der Waals surface area (Å²) in [6.07, 6.45) is -2.91. The van der Waals surface area contributed by atoms with Gasteiger partial charge in [-0.05, 0) is 12.8 Å². The average molecular weight is 396 g/mol. The fourth-order valence-corrected chi connectivity index (χ4v) is 2.84. The molecule has 0 aromatic heterocycles. The van der Waals surface area contributed by atoms with Crippen molar-refractivity contribution in [3.05, 3.63) is 0 Å². The van der Waals surface area contributed by atoms with Gasteiger partial charge in [-0.2, -0.15) is 0 Å². The van der Waals surface area contributed by atoms with E-state index in [1.54, 1.807) is 0 Å². The molecule has 9 nitrogen and oxygen atoms in total. The van der Waals surface area contributed by atoms with Gasteiger partial charge in [-0.15, -0.1) is 0 Å². The molecule has 0 saturated carbocycles. The summed E-state index contributed by atoms with van der Waals surface area (Å²) < 4.78 is 0. The molecule has 6 unspecified atom stereocenters. The van der Waals surface area contributed by atoms with Crippen molar-refractivity contribution in [1.29, 1.82) is 0 Å². The molecule has 0 aliphatic heterocycles. The van der Waals surface area contributed by atoms with Crippen LogP contribution in [-0.2, 0) is 4.79 Å². The maximum atomic E-state index is 10.6. The van der Waals surface area contributed by atoms with Gasteiger partial charge in [0.05, 0.1) is 6.10 Å². The number of carboxylic acids is 1. The summed E-state index contributed by atoms with van der Waals surface area (Å²) in [6.45, 7) is 0.235. The van der Waals surface area contributed by atoms with Crippen LogP contribution in [0.15, 0.2) is 0 Å². The van der Waals surface area contributed by atoms with E-state index in [1.165, 1.54) is 0 Å². The smallest absolute Gasteiger partial charge is 0.335 e. The monoisotopic (exact) mass is 396 g/mol. The third-order valence-corrected chi connectivity index (χ3v) is 4.68. The lowest BCUT2D eigenvalue weighted by atomic mass is 9.94. The lowest BCUT2D eigenvalue weighted by molar-refractivity contribution is -0.173. The lowest BCUT2D eigenvalue weighted by Crippen LogP contribution is -2.53. The van der Waals surface area contributed by atoms with Gasteiger partial charge in [-0.25, -0.2) is 4.79 Å². The highest BCUT2D eigenvalue weighted by Gasteiger charge is 2.39. The maximum Gasteiger partial charge on any atom is 0.335 e. The molecule has 8 N–H and O–H groups in total. The van der Waals surface area contributed by atoms with E-state index in [4.69, 9.17) is 15.3 Å². The second-order valence-electron chi connectivity index (χ2n) is 7.01. The van der Waals surface area contributed by atoms with E-state index in [1.807, 2.05) is 0 Å². The predicted octanol–water partition coefficient (Wildman–Crippen LogP) is -0.870. The summed E-state index contributed by atoms with van der Waals surface area (Å²) in [6, 6.07) is 0. The molecular formula is C18H36O9. The molecule has 0 saturated heterocycles. The number of carboxylic acid groups (broad SMARTS) is 1. The highest BCUT2D eigenvalue weighted by molar-refractivity contribution is 5.72. The summed E-state index contributed by atoms with van der Waals surface area (Å²) in [4.78, 5) is 10.6. The van der Waals surface area contributed by atoms with Gasteiger partial charge in [-0.3, -0.25) is 0 Å². The summed E-state index contributed by atoms with van der Waals surface area (Å²) >= 11 is 0. The SMILES string of the molecule is O=C(O)C(O)C(O)C(O)C(O)C(O)C(O)CCCCCCCCCCCO. The van der Waals surface area contributed by atoms with Gasteiger partial charge < -0.3 is 40.9 Å². The number of hydrogen-bond acceptors (Lipinski definition) is 8. The topological polar surface area (TPSA) is 179 Å². The molecule has 0 radical (unpaired) electrons. The van der Waals surface area contributed by atoms with Crippen LogP contribution in [0, 0.1) is 0 Å². The minimum atomic E-state index is -2.32. The van der Waals surface area contributed by atoms with Crippen LogP contribution in [0.25, 0.3) is 0 Å². The Labute approximate surface area is 159 Å². The Balaban J connectivity index is 3.96. The van der Waals surface area contributed by atoms with Crippen molar-refractivity contribution in [3.63, 3.8) is 0 Å². The Kier molecular flexibility index (Phi) is 14.7. The number of unbranched alkanes of at least 4 members (excludes halogenated alkanes) is 8. The third-order valence-electron chi connectivity index (χ3n) is 4.68. The van der Waals surface area contributed by atoms with Crippen molar-refractivity contribution < 1.29 is 45.6 Å². The van der Waals surface area contributed by atoms with Crippen LogP contribution in [0.5, 0.6) is 0 Å². The molecule has 0 aliphatic carbocycles. The molecule has 0 amide bonds. The predicted molar refractivity (Wildman–Crippen MR) is 96.9 cm³/mol. The molecule has 0 aliphatic rings. The fourth-order valence-electron chi connectivity index (χ4n) is 2.84. The number of aliphatic hydroxyl groups is 7. The molecule has 9 heteroatoms. The van der Waals surface area contributed by atoms with Crippen LogP contribution in [0.4, 0.5) is 0 Å². The Hall–Kier alpha value is -0.810. The van der Waals surface area contributed by atoms with Crippen molar-refractivity contribution >= 4 is 5.97 Å². The minimum absolute atomic E-state index is 0.180. The number of carbonyl (C=O) groups is 1. The van der Waals surface area contributed by atoms with Crippen LogP contribution in [0.1, 0.15) is 64.2 Å². The normalized spacial score (nSPS) is 18.5. The standard InChI is InChI=1S/C18H36O9/c19-11-9-7-5-3-1-2-4-6-8-10-12(20)13(21)14(22)15(23)16(24)17(25)18(26)27/h12-17,19-25H,1-11H2,(H,26,27). The highest BCUT2D eigenvalue weighted by atomic mass is 16.4. The molecule has 0 aromatic carbocycles. The van der Waals surface area contributed by atoms with Crippen LogP contribution >= 0.6 is 0 Å². The van der Waals surface area contributed by atoms with Crippen LogP contribution in [0.2, 0.25) is 0 Å².